The summed E-state index contributed by atoms with van der Waals surface area (Å²) in [5.41, 5.74) is 3.07. The number of nitrogens with zero attached hydrogens (tertiary/aromatic N) is 1. The molecule has 1 heterocycles. The zero-order valence-corrected chi connectivity index (χ0v) is 12.0. The Kier molecular flexibility index (Phi) is 4.40. The summed E-state index contributed by atoms with van der Waals surface area (Å²) in [6.45, 7) is 5.77. The van der Waals surface area contributed by atoms with Crippen LogP contribution in [0.3, 0.4) is 0 Å². The maximum atomic E-state index is 12.1. The fraction of sp³-hybridized carbons (Fsp3) is 0.600. The molecule has 1 aliphatic rings. The predicted molar refractivity (Wildman–Crippen MR) is 73.8 cm³/mol. The minimum atomic E-state index is 0.0355. The summed E-state index contributed by atoms with van der Waals surface area (Å²) < 4.78 is 5.08. The molecule has 1 aliphatic carbocycles. The molecule has 1 atom stereocenters. The number of hydrogen-bond donors (Lipinski definition) is 1. The van der Waals surface area contributed by atoms with Crippen LogP contribution in [0.5, 0.6) is 0 Å². The van der Waals surface area contributed by atoms with Crippen LogP contribution in [0.1, 0.15) is 49.6 Å². The van der Waals surface area contributed by atoms with Gasteiger partial charge in [-0.15, -0.1) is 0 Å². The molecule has 1 amide bonds. The van der Waals surface area contributed by atoms with E-state index >= 15 is 0 Å². The lowest BCUT2D eigenvalue weighted by molar-refractivity contribution is -0.120. The average molecular weight is 262 g/mol. The van der Waals surface area contributed by atoms with Gasteiger partial charge in [-0.1, -0.05) is 16.8 Å². The summed E-state index contributed by atoms with van der Waals surface area (Å²) in [6.07, 6.45) is 7.36. The summed E-state index contributed by atoms with van der Waals surface area (Å²) in [5.74, 6) is 0.769. The van der Waals surface area contributed by atoms with Crippen molar-refractivity contribution in [1.82, 2.24) is 10.5 Å². The summed E-state index contributed by atoms with van der Waals surface area (Å²) in [5, 5.41) is 6.94. The highest BCUT2D eigenvalue weighted by molar-refractivity contribution is 5.79. The van der Waals surface area contributed by atoms with Gasteiger partial charge in [0.15, 0.2) is 0 Å². The van der Waals surface area contributed by atoms with Gasteiger partial charge < -0.3 is 9.84 Å². The molecule has 1 aromatic heterocycles. The quantitative estimate of drug-likeness (QED) is 0.849. The van der Waals surface area contributed by atoms with Crippen LogP contribution in [0, 0.1) is 13.8 Å². The Hall–Kier alpha value is -1.58. The van der Waals surface area contributed by atoms with Crippen LogP contribution in [0.2, 0.25) is 0 Å². The van der Waals surface area contributed by atoms with Crippen LogP contribution < -0.4 is 5.32 Å². The van der Waals surface area contributed by atoms with Gasteiger partial charge in [0.25, 0.3) is 0 Å². The fourth-order valence-corrected chi connectivity index (χ4v) is 2.56. The Balaban J connectivity index is 1.92. The van der Waals surface area contributed by atoms with Gasteiger partial charge in [0.1, 0.15) is 5.76 Å². The van der Waals surface area contributed by atoms with Crippen molar-refractivity contribution in [2.45, 2.75) is 58.9 Å². The zero-order valence-electron chi connectivity index (χ0n) is 12.0. The molecule has 0 unspecified atom stereocenters. The molecular formula is C15H22N2O2. The molecule has 0 aromatic carbocycles. The molecule has 0 saturated carbocycles. The summed E-state index contributed by atoms with van der Waals surface area (Å²) >= 11 is 0. The van der Waals surface area contributed by atoms with E-state index < -0.39 is 0 Å². The summed E-state index contributed by atoms with van der Waals surface area (Å²) in [4.78, 5) is 12.1. The number of carbonyl (C=O) groups excluding carboxylic acids is 1. The number of allylic oxidation sites excluding steroid dienone is 1. The van der Waals surface area contributed by atoms with Crippen LogP contribution in [0.25, 0.3) is 0 Å². The van der Waals surface area contributed by atoms with Gasteiger partial charge in [0.05, 0.1) is 12.1 Å². The number of amides is 1. The first-order valence-corrected chi connectivity index (χ1v) is 6.98. The van der Waals surface area contributed by atoms with Crippen molar-refractivity contribution in [3.05, 3.63) is 28.7 Å². The van der Waals surface area contributed by atoms with E-state index in [-0.39, 0.29) is 11.9 Å². The van der Waals surface area contributed by atoms with E-state index in [1.54, 1.807) is 0 Å². The van der Waals surface area contributed by atoms with Gasteiger partial charge in [-0.05, 0) is 46.5 Å². The van der Waals surface area contributed by atoms with E-state index in [0.717, 1.165) is 29.9 Å². The van der Waals surface area contributed by atoms with Gasteiger partial charge in [-0.3, -0.25) is 4.79 Å². The second kappa shape index (κ2) is 6.04. The monoisotopic (exact) mass is 262 g/mol. The molecule has 1 N–H and O–H groups in total. The molecule has 1 aromatic rings. The first-order valence-electron chi connectivity index (χ1n) is 6.98. The van der Waals surface area contributed by atoms with E-state index in [2.05, 4.69) is 23.5 Å². The Morgan fingerprint density at radius 1 is 1.47 bits per heavy atom. The van der Waals surface area contributed by atoms with Crippen molar-refractivity contribution in [3.63, 3.8) is 0 Å². The van der Waals surface area contributed by atoms with E-state index in [0.29, 0.717) is 6.42 Å². The van der Waals surface area contributed by atoms with E-state index in [1.807, 2.05) is 13.8 Å². The van der Waals surface area contributed by atoms with E-state index in [4.69, 9.17) is 4.52 Å². The van der Waals surface area contributed by atoms with Crippen molar-refractivity contribution in [3.8, 4) is 0 Å². The first kappa shape index (κ1) is 13.8. The van der Waals surface area contributed by atoms with Crippen LogP contribution >= 0.6 is 0 Å². The number of hydrogen-bond acceptors (Lipinski definition) is 3. The molecule has 0 saturated heterocycles. The largest absolute Gasteiger partial charge is 0.361 e. The van der Waals surface area contributed by atoms with Crippen molar-refractivity contribution in [2.24, 2.45) is 0 Å². The Morgan fingerprint density at radius 3 is 2.84 bits per heavy atom. The summed E-state index contributed by atoms with van der Waals surface area (Å²) in [6, 6.07) is 0.133. The van der Waals surface area contributed by atoms with Gasteiger partial charge in [-0.2, -0.15) is 0 Å². The molecule has 0 spiro atoms. The maximum Gasteiger partial charge on any atom is 0.225 e. The van der Waals surface area contributed by atoms with Crippen LogP contribution in [-0.2, 0) is 11.2 Å². The minimum absolute atomic E-state index is 0.0355. The van der Waals surface area contributed by atoms with Crippen LogP contribution in [0.15, 0.2) is 16.2 Å². The maximum absolute atomic E-state index is 12.1. The third kappa shape index (κ3) is 3.46. The SMILES string of the molecule is Cc1noc(C)c1CC(=O)N[C@@H](C)C1=CCCCC1. The van der Waals surface area contributed by atoms with Crippen molar-refractivity contribution < 1.29 is 9.32 Å². The van der Waals surface area contributed by atoms with Gasteiger partial charge >= 0.3 is 0 Å². The highest BCUT2D eigenvalue weighted by Crippen LogP contribution is 2.20. The smallest absolute Gasteiger partial charge is 0.225 e. The Bertz CT molecular complexity index is 469. The van der Waals surface area contributed by atoms with Crippen LogP contribution in [0.4, 0.5) is 0 Å². The van der Waals surface area contributed by atoms with Crippen LogP contribution in [-0.4, -0.2) is 17.1 Å². The third-order valence-electron chi connectivity index (χ3n) is 3.78. The molecule has 4 nitrogen and oxygen atoms in total. The highest BCUT2D eigenvalue weighted by Gasteiger charge is 2.17. The zero-order chi connectivity index (χ0) is 13.8. The average Bonchev–Trinajstić information content (AvgIpc) is 2.71. The number of aryl methyl sites for hydroxylation is 2. The minimum Gasteiger partial charge on any atom is -0.361 e. The standard InChI is InChI=1S/C15H22N2O2/c1-10(13-7-5-4-6-8-13)16-15(18)9-14-11(2)17-19-12(14)3/h7,10H,4-6,8-9H2,1-3H3,(H,16,18)/t10-/m0/s1. The molecular weight excluding hydrogens is 240 g/mol. The molecule has 0 bridgehead atoms. The number of aromatic nitrogens is 1. The first-order chi connectivity index (χ1) is 9.08. The topological polar surface area (TPSA) is 55.1 Å². The number of nitrogens with one attached hydrogen (secondary N) is 1. The summed E-state index contributed by atoms with van der Waals surface area (Å²) in [7, 11) is 0. The Morgan fingerprint density at radius 2 is 2.26 bits per heavy atom. The number of carbonyl (C=O) groups is 1. The second-order valence-electron chi connectivity index (χ2n) is 5.29. The highest BCUT2D eigenvalue weighted by atomic mass is 16.5. The van der Waals surface area contributed by atoms with Crippen molar-refractivity contribution in [1.29, 1.82) is 0 Å². The van der Waals surface area contributed by atoms with Crippen molar-refractivity contribution in [2.75, 3.05) is 0 Å². The van der Waals surface area contributed by atoms with Gasteiger partial charge in [0.2, 0.25) is 5.91 Å². The number of rotatable bonds is 4. The van der Waals surface area contributed by atoms with Crippen molar-refractivity contribution >= 4 is 5.91 Å². The predicted octanol–water partition coefficient (Wildman–Crippen LogP) is 2.84. The second-order valence-corrected chi connectivity index (χ2v) is 5.29. The fourth-order valence-electron chi connectivity index (χ4n) is 2.56. The molecule has 104 valence electrons. The van der Waals surface area contributed by atoms with E-state index in [1.165, 1.54) is 18.4 Å². The molecule has 0 fully saturated rings. The lowest BCUT2D eigenvalue weighted by Gasteiger charge is -2.20. The third-order valence-corrected chi connectivity index (χ3v) is 3.78. The molecule has 4 heteroatoms. The lowest BCUT2D eigenvalue weighted by atomic mass is 9.94. The van der Waals surface area contributed by atoms with E-state index in [9.17, 15) is 4.79 Å². The lowest BCUT2D eigenvalue weighted by Crippen LogP contribution is -2.35. The molecule has 2 rings (SSSR count). The molecule has 0 aliphatic heterocycles. The van der Waals surface area contributed by atoms with Gasteiger partial charge in [0, 0.05) is 11.6 Å². The van der Waals surface area contributed by atoms with Gasteiger partial charge in [-0.25, -0.2) is 0 Å². The molecule has 0 radical (unpaired) electrons. The Labute approximate surface area is 114 Å². The molecule has 19 heavy (non-hydrogen) atoms. The normalized spacial score (nSPS) is 16.9.